The first-order valence-corrected chi connectivity index (χ1v) is 10.3. The number of nitrogens with zero attached hydrogens (tertiary/aromatic N) is 4. The Kier molecular flexibility index (Phi) is 5.88. The average molecular weight is 392 g/mol. The summed E-state index contributed by atoms with van der Waals surface area (Å²) in [7, 11) is -2.06. The van der Waals surface area contributed by atoms with Gasteiger partial charge >= 0.3 is 0 Å². The second-order valence-electron chi connectivity index (χ2n) is 6.57. The lowest BCUT2D eigenvalue weighted by Crippen LogP contribution is -2.34. The van der Waals surface area contributed by atoms with Crippen LogP contribution in [0.15, 0.2) is 35.5 Å². The van der Waals surface area contributed by atoms with Crippen LogP contribution in [-0.2, 0) is 17.1 Å². The van der Waals surface area contributed by atoms with Gasteiger partial charge in [0, 0.05) is 32.2 Å². The van der Waals surface area contributed by atoms with Gasteiger partial charge in [-0.05, 0) is 38.1 Å². The summed E-state index contributed by atoms with van der Waals surface area (Å²) in [5.74, 6) is 0.347. The second kappa shape index (κ2) is 8.15. The number of carbonyl (C=O) groups is 1. The Morgan fingerprint density at radius 3 is 2.85 bits per heavy atom. The molecule has 1 aliphatic heterocycles. The Labute approximate surface area is 158 Å². The normalized spacial score (nSPS) is 16.7. The molecule has 1 aliphatic rings. The van der Waals surface area contributed by atoms with E-state index in [0.717, 1.165) is 19.5 Å². The third-order valence-corrected chi connectivity index (χ3v) is 6.02. The van der Waals surface area contributed by atoms with Crippen LogP contribution in [0.4, 0.5) is 0 Å². The van der Waals surface area contributed by atoms with Crippen molar-refractivity contribution in [2.45, 2.75) is 24.3 Å². The van der Waals surface area contributed by atoms with Crippen LogP contribution in [0.5, 0.6) is 0 Å². The van der Waals surface area contributed by atoms with E-state index in [1.807, 2.05) is 0 Å². The van der Waals surface area contributed by atoms with Crippen LogP contribution < -0.4 is 10.0 Å². The molecule has 146 valence electrons. The minimum atomic E-state index is -3.81. The van der Waals surface area contributed by atoms with Crippen molar-refractivity contribution >= 4 is 15.9 Å². The van der Waals surface area contributed by atoms with Crippen LogP contribution >= 0.6 is 0 Å². The highest BCUT2D eigenvalue weighted by molar-refractivity contribution is 7.89. The molecule has 0 aliphatic carbocycles. The predicted octanol–water partition coefficient (Wildman–Crippen LogP) is 0.290. The first-order chi connectivity index (χ1) is 12.9. The Balaban J connectivity index is 1.79. The quantitative estimate of drug-likeness (QED) is 0.757. The third kappa shape index (κ3) is 4.52. The molecule has 0 radical (unpaired) electrons. The summed E-state index contributed by atoms with van der Waals surface area (Å²) >= 11 is 0. The van der Waals surface area contributed by atoms with Crippen LogP contribution in [0.2, 0.25) is 0 Å². The maximum absolute atomic E-state index is 12.8. The van der Waals surface area contributed by atoms with Gasteiger partial charge in [0.2, 0.25) is 10.0 Å². The molecule has 1 saturated heterocycles. The topological polar surface area (TPSA) is 109 Å². The highest BCUT2D eigenvalue weighted by atomic mass is 32.2. The summed E-state index contributed by atoms with van der Waals surface area (Å²) in [4.78, 5) is 14.5. The second-order valence-corrected chi connectivity index (χ2v) is 8.28. The molecule has 2 aromatic rings. The van der Waals surface area contributed by atoms with Gasteiger partial charge in [0.15, 0.2) is 0 Å². The zero-order valence-electron chi connectivity index (χ0n) is 15.4. The van der Waals surface area contributed by atoms with Crippen molar-refractivity contribution in [1.82, 2.24) is 29.7 Å². The van der Waals surface area contributed by atoms with Crippen molar-refractivity contribution in [2.24, 2.45) is 7.05 Å². The Morgan fingerprint density at radius 2 is 2.11 bits per heavy atom. The van der Waals surface area contributed by atoms with E-state index in [1.54, 1.807) is 35.6 Å². The summed E-state index contributed by atoms with van der Waals surface area (Å²) in [6.45, 7) is 4.57. The van der Waals surface area contributed by atoms with E-state index in [2.05, 4.69) is 20.2 Å². The lowest BCUT2D eigenvalue weighted by atomic mass is 10.2. The predicted molar refractivity (Wildman–Crippen MR) is 99.6 cm³/mol. The largest absolute Gasteiger partial charge is 0.337 e. The summed E-state index contributed by atoms with van der Waals surface area (Å²) in [6, 6.07) is 5.58. The van der Waals surface area contributed by atoms with E-state index < -0.39 is 16.1 Å². The molecule has 10 heteroatoms. The van der Waals surface area contributed by atoms with Crippen molar-refractivity contribution in [3.63, 3.8) is 0 Å². The number of hydrogen-bond donors (Lipinski definition) is 2. The van der Waals surface area contributed by atoms with Crippen LogP contribution in [0.25, 0.3) is 0 Å². The Bertz CT molecular complexity index is 903. The summed E-state index contributed by atoms with van der Waals surface area (Å²) in [5.41, 5.74) is 0.367. The summed E-state index contributed by atoms with van der Waals surface area (Å²) < 4.78 is 29.7. The molecule has 2 heterocycles. The first-order valence-electron chi connectivity index (χ1n) is 8.85. The fourth-order valence-corrected chi connectivity index (χ4v) is 4.31. The first kappa shape index (κ1) is 19.5. The molecule has 1 amide bonds. The molecule has 1 aromatic heterocycles. The van der Waals surface area contributed by atoms with E-state index in [1.165, 1.54) is 18.5 Å². The molecule has 1 aromatic carbocycles. The highest BCUT2D eigenvalue weighted by Crippen LogP contribution is 2.17. The van der Waals surface area contributed by atoms with E-state index >= 15 is 0 Å². The van der Waals surface area contributed by atoms with Gasteiger partial charge in [0.25, 0.3) is 5.91 Å². The fourth-order valence-electron chi connectivity index (χ4n) is 3.07. The minimum Gasteiger partial charge on any atom is -0.337 e. The molecule has 0 spiro atoms. The molecule has 1 fully saturated rings. The Hall–Kier alpha value is -2.30. The van der Waals surface area contributed by atoms with Crippen LogP contribution in [0.1, 0.15) is 35.6 Å². The molecule has 0 unspecified atom stereocenters. The van der Waals surface area contributed by atoms with Gasteiger partial charge in [-0.3, -0.25) is 4.79 Å². The van der Waals surface area contributed by atoms with Crippen molar-refractivity contribution in [2.75, 3.05) is 26.2 Å². The van der Waals surface area contributed by atoms with Crippen molar-refractivity contribution in [3.05, 3.63) is 42.0 Å². The number of nitrogens with one attached hydrogen (secondary N) is 2. The molecule has 9 nitrogen and oxygen atoms in total. The van der Waals surface area contributed by atoms with Crippen molar-refractivity contribution < 1.29 is 13.2 Å². The van der Waals surface area contributed by atoms with Gasteiger partial charge < -0.3 is 14.8 Å². The molecule has 0 bridgehead atoms. The summed E-state index contributed by atoms with van der Waals surface area (Å²) in [6.07, 6.45) is 2.38. The van der Waals surface area contributed by atoms with E-state index in [0.29, 0.717) is 24.5 Å². The van der Waals surface area contributed by atoms with Gasteiger partial charge in [0.05, 0.1) is 10.9 Å². The minimum absolute atomic E-state index is 0.0512. The highest BCUT2D eigenvalue weighted by Gasteiger charge is 2.23. The van der Waals surface area contributed by atoms with Crippen molar-refractivity contribution in [3.8, 4) is 0 Å². The third-order valence-electron chi connectivity index (χ3n) is 4.48. The average Bonchev–Trinajstić information content (AvgIpc) is 2.91. The maximum atomic E-state index is 12.8. The monoisotopic (exact) mass is 392 g/mol. The number of rotatable bonds is 5. The smallest absolute Gasteiger partial charge is 0.253 e. The molecule has 1 atom stereocenters. The molecule has 2 N–H and O–H groups in total. The van der Waals surface area contributed by atoms with Crippen molar-refractivity contribution in [1.29, 1.82) is 0 Å². The fraction of sp³-hybridized carbons (Fsp3) is 0.471. The lowest BCUT2D eigenvalue weighted by molar-refractivity contribution is 0.0766. The van der Waals surface area contributed by atoms with Crippen LogP contribution in [0, 0.1) is 0 Å². The van der Waals surface area contributed by atoms with Crippen LogP contribution in [0.3, 0.4) is 0 Å². The van der Waals surface area contributed by atoms with E-state index in [9.17, 15) is 13.2 Å². The number of sulfonamides is 1. The number of carbonyl (C=O) groups excluding carboxylic acids is 1. The van der Waals surface area contributed by atoms with Gasteiger partial charge in [-0.2, -0.15) is 0 Å². The van der Waals surface area contributed by atoms with Gasteiger partial charge in [0.1, 0.15) is 12.2 Å². The zero-order valence-corrected chi connectivity index (χ0v) is 16.2. The zero-order chi connectivity index (χ0) is 19.4. The molecule has 0 saturated carbocycles. The molecular formula is C17H24N6O3S. The number of amides is 1. The summed E-state index contributed by atoms with van der Waals surface area (Å²) in [5, 5.41) is 10.9. The number of aryl methyl sites for hydroxylation is 1. The van der Waals surface area contributed by atoms with Crippen LogP contribution in [-0.4, -0.2) is 60.2 Å². The van der Waals surface area contributed by atoms with Gasteiger partial charge in [-0.25, -0.2) is 13.1 Å². The number of benzene rings is 1. The molecule has 3 rings (SSSR count). The Morgan fingerprint density at radius 1 is 1.30 bits per heavy atom. The standard InChI is InChI=1S/C17H24N6O3S/c1-13(16-20-19-12-22(16)2)21-27(25,26)15-6-3-5-14(11-15)17(24)23-9-4-7-18-8-10-23/h3,5-6,11-13,18,21H,4,7-10H2,1-2H3/t13-/m0/s1. The van der Waals surface area contributed by atoms with Gasteiger partial charge in [-0.15, -0.1) is 10.2 Å². The van der Waals surface area contributed by atoms with E-state index in [4.69, 9.17) is 0 Å². The molecule has 27 heavy (non-hydrogen) atoms. The molecular weight excluding hydrogens is 368 g/mol. The van der Waals surface area contributed by atoms with E-state index in [-0.39, 0.29) is 10.8 Å². The lowest BCUT2D eigenvalue weighted by Gasteiger charge is -2.20. The maximum Gasteiger partial charge on any atom is 0.253 e. The SMILES string of the molecule is C[C@H](NS(=O)(=O)c1cccc(C(=O)N2CCCNCC2)c1)c1nncn1C. The number of hydrogen-bond acceptors (Lipinski definition) is 6. The van der Waals surface area contributed by atoms with Gasteiger partial charge in [-0.1, -0.05) is 6.07 Å². The number of aromatic nitrogens is 3.